The van der Waals surface area contributed by atoms with Gasteiger partial charge in [0.05, 0.1) is 32.1 Å². The highest BCUT2D eigenvalue weighted by Gasteiger charge is 2.20. The number of aryl methyl sites for hydroxylation is 1. The predicted molar refractivity (Wildman–Crippen MR) is 107 cm³/mol. The van der Waals surface area contributed by atoms with Gasteiger partial charge in [0.2, 0.25) is 5.95 Å². The van der Waals surface area contributed by atoms with Crippen LogP contribution in [0.5, 0.6) is 5.88 Å². The Bertz CT molecular complexity index is 817. The second kappa shape index (κ2) is 8.32. The number of fused-ring (bicyclic) bond motifs is 3. The fraction of sp³-hybridized carbons (Fsp3) is 0.632. The average molecular weight is 387 g/mol. The molecule has 4 heterocycles. The van der Waals surface area contributed by atoms with E-state index in [9.17, 15) is 0 Å². The van der Waals surface area contributed by atoms with Crippen molar-refractivity contribution < 1.29 is 9.47 Å². The molecule has 2 N–H and O–H groups in total. The highest BCUT2D eigenvalue weighted by atomic mass is 16.5. The van der Waals surface area contributed by atoms with E-state index in [1.54, 1.807) is 0 Å². The molecule has 0 radical (unpaired) electrons. The summed E-state index contributed by atoms with van der Waals surface area (Å²) in [5, 5.41) is 11.5. The van der Waals surface area contributed by atoms with Gasteiger partial charge in [0.15, 0.2) is 0 Å². The summed E-state index contributed by atoms with van der Waals surface area (Å²) in [4.78, 5) is 11.5. The predicted octanol–water partition coefficient (Wildman–Crippen LogP) is 1.95. The van der Waals surface area contributed by atoms with Gasteiger partial charge in [0.1, 0.15) is 11.5 Å². The van der Waals surface area contributed by atoms with E-state index in [2.05, 4.69) is 39.3 Å². The first-order valence-corrected chi connectivity index (χ1v) is 9.97. The third kappa shape index (κ3) is 4.20. The van der Waals surface area contributed by atoms with Crippen molar-refractivity contribution in [3.63, 3.8) is 0 Å². The van der Waals surface area contributed by atoms with Crippen LogP contribution in [0.4, 0.5) is 17.5 Å². The molecular formula is C19H29N7O2. The van der Waals surface area contributed by atoms with Gasteiger partial charge in [-0.05, 0) is 20.8 Å². The Morgan fingerprint density at radius 1 is 1.18 bits per heavy atom. The number of anilines is 3. The Morgan fingerprint density at radius 2 is 2.00 bits per heavy atom. The zero-order chi connectivity index (χ0) is 19.5. The van der Waals surface area contributed by atoms with Crippen LogP contribution >= 0.6 is 0 Å². The summed E-state index contributed by atoms with van der Waals surface area (Å²) >= 11 is 0. The monoisotopic (exact) mass is 387 g/mol. The number of nitrogens with one attached hydrogen (secondary N) is 2. The molecule has 1 atom stereocenters. The summed E-state index contributed by atoms with van der Waals surface area (Å²) in [6.07, 6.45) is 2.69. The van der Waals surface area contributed by atoms with Crippen LogP contribution in [0.2, 0.25) is 0 Å². The van der Waals surface area contributed by atoms with E-state index in [0.717, 1.165) is 68.6 Å². The quantitative estimate of drug-likeness (QED) is 0.826. The number of hydrogen-bond donors (Lipinski definition) is 2. The van der Waals surface area contributed by atoms with Gasteiger partial charge in [-0.1, -0.05) is 0 Å². The smallest absolute Gasteiger partial charge is 0.257 e. The average Bonchev–Trinajstić information content (AvgIpc) is 2.97. The van der Waals surface area contributed by atoms with Gasteiger partial charge < -0.3 is 20.1 Å². The molecular weight excluding hydrogens is 358 g/mol. The topological polar surface area (TPSA) is 89.4 Å². The maximum Gasteiger partial charge on any atom is 0.257 e. The van der Waals surface area contributed by atoms with Crippen molar-refractivity contribution >= 4 is 17.5 Å². The maximum atomic E-state index is 6.03. The lowest BCUT2D eigenvalue weighted by Crippen LogP contribution is -2.38. The lowest BCUT2D eigenvalue weighted by Gasteiger charge is -2.26. The van der Waals surface area contributed by atoms with Gasteiger partial charge in [0, 0.05) is 43.9 Å². The molecule has 152 valence electrons. The van der Waals surface area contributed by atoms with Crippen molar-refractivity contribution in [1.82, 2.24) is 24.6 Å². The largest absolute Gasteiger partial charge is 0.475 e. The van der Waals surface area contributed by atoms with Crippen molar-refractivity contribution in [2.75, 3.05) is 50.1 Å². The Kier molecular flexibility index (Phi) is 5.63. The number of hydrogen-bond acceptors (Lipinski definition) is 8. The van der Waals surface area contributed by atoms with Gasteiger partial charge >= 0.3 is 0 Å². The molecule has 0 aliphatic carbocycles. The van der Waals surface area contributed by atoms with E-state index in [1.807, 2.05) is 17.8 Å². The molecule has 2 aliphatic rings. The zero-order valence-corrected chi connectivity index (χ0v) is 16.9. The first-order chi connectivity index (χ1) is 13.6. The van der Waals surface area contributed by atoms with E-state index in [4.69, 9.17) is 14.6 Å². The summed E-state index contributed by atoms with van der Waals surface area (Å²) in [6.45, 7) is 12.1. The van der Waals surface area contributed by atoms with Crippen molar-refractivity contribution in [2.24, 2.45) is 0 Å². The van der Waals surface area contributed by atoms with Gasteiger partial charge in [-0.3, -0.25) is 9.58 Å². The molecule has 4 rings (SSSR count). The highest BCUT2D eigenvalue weighted by molar-refractivity contribution is 5.64. The van der Waals surface area contributed by atoms with E-state index >= 15 is 0 Å². The fourth-order valence-electron chi connectivity index (χ4n) is 3.44. The van der Waals surface area contributed by atoms with Crippen molar-refractivity contribution in [3.8, 4) is 5.88 Å². The number of nitrogens with zero attached hydrogens (tertiary/aromatic N) is 5. The summed E-state index contributed by atoms with van der Waals surface area (Å²) in [5.74, 6) is 2.01. The molecule has 9 heteroatoms. The van der Waals surface area contributed by atoms with Crippen LogP contribution in [0, 0.1) is 13.8 Å². The lowest BCUT2D eigenvalue weighted by molar-refractivity contribution is 0.0358. The van der Waals surface area contributed by atoms with Crippen LogP contribution in [-0.4, -0.2) is 70.1 Å². The van der Waals surface area contributed by atoms with Crippen LogP contribution in [-0.2, 0) is 11.3 Å². The number of morpholine rings is 1. The van der Waals surface area contributed by atoms with Crippen molar-refractivity contribution in [1.29, 1.82) is 0 Å². The second-order valence-corrected chi connectivity index (χ2v) is 7.48. The Balaban J connectivity index is 1.57. The molecule has 2 bridgehead atoms. The van der Waals surface area contributed by atoms with Crippen LogP contribution < -0.4 is 15.4 Å². The summed E-state index contributed by atoms with van der Waals surface area (Å²) < 4.78 is 13.5. The molecule has 0 spiro atoms. The number of aromatic nitrogens is 4. The first-order valence-electron chi connectivity index (χ1n) is 9.97. The van der Waals surface area contributed by atoms with Crippen LogP contribution in [0.15, 0.2) is 6.20 Å². The highest BCUT2D eigenvalue weighted by Crippen LogP contribution is 2.31. The van der Waals surface area contributed by atoms with E-state index in [0.29, 0.717) is 18.4 Å². The summed E-state index contributed by atoms with van der Waals surface area (Å²) in [5.41, 5.74) is 2.89. The van der Waals surface area contributed by atoms with E-state index in [1.165, 1.54) is 0 Å². The Morgan fingerprint density at radius 3 is 2.82 bits per heavy atom. The van der Waals surface area contributed by atoms with Crippen molar-refractivity contribution in [2.45, 2.75) is 39.8 Å². The van der Waals surface area contributed by atoms with Gasteiger partial charge in [0.25, 0.3) is 5.88 Å². The molecule has 0 saturated carbocycles. The van der Waals surface area contributed by atoms with E-state index < -0.39 is 0 Å². The molecule has 1 fully saturated rings. The molecule has 2 aliphatic heterocycles. The SMILES string of the molecule is Cc1cnc2nc1NC(C)CCOc1nn(CCN3CCOCC3)c(C)c1N2. The van der Waals surface area contributed by atoms with Gasteiger partial charge in [-0.15, -0.1) is 5.10 Å². The molecule has 1 saturated heterocycles. The minimum atomic E-state index is 0.243. The number of ether oxygens (including phenoxy) is 2. The molecule has 1 unspecified atom stereocenters. The minimum Gasteiger partial charge on any atom is -0.475 e. The third-order valence-electron chi connectivity index (χ3n) is 5.29. The minimum absolute atomic E-state index is 0.243. The normalized spacial score (nSPS) is 20.3. The van der Waals surface area contributed by atoms with Gasteiger partial charge in [-0.25, -0.2) is 4.98 Å². The summed E-state index contributed by atoms with van der Waals surface area (Å²) in [6, 6.07) is 0.243. The molecule has 2 aromatic heterocycles. The molecule has 9 nitrogen and oxygen atoms in total. The molecule has 0 amide bonds. The van der Waals surface area contributed by atoms with Crippen molar-refractivity contribution in [3.05, 3.63) is 17.5 Å². The van der Waals surface area contributed by atoms with E-state index in [-0.39, 0.29) is 6.04 Å². The standard InChI is InChI=1S/C19H29N7O2/c1-13-12-20-19-22-16-15(3)26(6-5-25-7-10-27-11-8-25)24-18(16)28-9-4-14(2)21-17(13)23-19/h12,14H,4-11H2,1-3H3,(H2,20,21,22,23). The van der Waals surface area contributed by atoms with Crippen LogP contribution in [0.1, 0.15) is 24.6 Å². The Hall–Kier alpha value is -2.39. The molecule has 28 heavy (non-hydrogen) atoms. The Labute approximate surface area is 165 Å². The van der Waals surface area contributed by atoms with Crippen LogP contribution in [0.25, 0.3) is 0 Å². The zero-order valence-electron chi connectivity index (χ0n) is 16.9. The summed E-state index contributed by atoms with van der Waals surface area (Å²) in [7, 11) is 0. The lowest BCUT2D eigenvalue weighted by atomic mass is 10.2. The number of rotatable bonds is 3. The molecule has 0 aromatic carbocycles. The first kappa shape index (κ1) is 18.9. The third-order valence-corrected chi connectivity index (χ3v) is 5.29. The molecule has 2 aromatic rings. The fourth-order valence-corrected chi connectivity index (χ4v) is 3.44. The second-order valence-electron chi connectivity index (χ2n) is 7.48. The van der Waals surface area contributed by atoms with Crippen LogP contribution in [0.3, 0.4) is 0 Å². The maximum absolute atomic E-state index is 6.03. The van der Waals surface area contributed by atoms with Gasteiger partial charge in [-0.2, -0.15) is 4.98 Å².